The number of hydrogen-bond acceptors (Lipinski definition) is 2. The lowest BCUT2D eigenvalue weighted by atomic mass is 9.93. The van der Waals surface area contributed by atoms with Crippen molar-refractivity contribution in [2.24, 2.45) is 0 Å². The van der Waals surface area contributed by atoms with E-state index in [-0.39, 0.29) is 0 Å². The SMILES string of the molecule is c1ccc(-c2cc(-c3ccccc3)nc(-c3ccc(-n4c5ccccc5c5c6c7ccccc7ccc6c6ccccc6c54)cc3)n2)cc1. The minimum absolute atomic E-state index is 0.705. The predicted molar refractivity (Wildman–Crippen MR) is 205 cm³/mol. The first-order valence-corrected chi connectivity index (χ1v) is 16.7. The Balaban J connectivity index is 1.22. The molecule has 228 valence electrons. The van der Waals surface area contributed by atoms with Crippen molar-refractivity contribution in [1.82, 2.24) is 14.5 Å². The number of nitrogens with zero attached hydrogens (tertiary/aromatic N) is 3. The smallest absolute Gasteiger partial charge is 0.160 e. The number of para-hydroxylation sites is 1. The number of fused-ring (bicyclic) bond motifs is 10. The highest BCUT2D eigenvalue weighted by Crippen LogP contribution is 2.44. The van der Waals surface area contributed by atoms with E-state index in [0.29, 0.717) is 5.82 Å². The topological polar surface area (TPSA) is 30.7 Å². The van der Waals surface area contributed by atoms with Gasteiger partial charge in [0.25, 0.3) is 0 Å². The highest BCUT2D eigenvalue weighted by atomic mass is 15.0. The molecule has 0 amide bonds. The number of hydrogen-bond donors (Lipinski definition) is 0. The first-order chi connectivity index (χ1) is 24.3. The van der Waals surface area contributed by atoms with Gasteiger partial charge in [0.05, 0.1) is 22.4 Å². The van der Waals surface area contributed by atoms with Gasteiger partial charge in [-0.3, -0.25) is 0 Å². The Labute approximate surface area is 283 Å². The van der Waals surface area contributed by atoms with Crippen LogP contribution in [0, 0.1) is 0 Å². The molecule has 0 atom stereocenters. The molecular weight excluding hydrogens is 595 g/mol. The van der Waals surface area contributed by atoms with Crippen LogP contribution in [0.3, 0.4) is 0 Å². The Morgan fingerprint density at radius 1 is 0.367 bits per heavy atom. The van der Waals surface area contributed by atoms with Gasteiger partial charge in [-0.05, 0) is 57.9 Å². The van der Waals surface area contributed by atoms with E-state index in [2.05, 4.69) is 168 Å². The van der Waals surface area contributed by atoms with Crippen molar-refractivity contribution >= 4 is 54.1 Å². The summed E-state index contributed by atoms with van der Waals surface area (Å²) in [4.78, 5) is 10.2. The molecule has 0 fully saturated rings. The van der Waals surface area contributed by atoms with Gasteiger partial charge in [-0.15, -0.1) is 0 Å². The molecule has 0 bridgehead atoms. The van der Waals surface area contributed by atoms with Gasteiger partial charge < -0.3 is 4.57 Å². The molecule has 49 heavy (non-hydrogen) atoms. The quantitative estimate of drug-likeness (QED) is 0.183. The third-order valence-corrected chi connectivity index (χ3v) is 9.78. The molecule has 0 saturated heterocycles. The Bertz CT molecular complexity index is 2790. The van der Waals surface area contributed by atoms with Crippen LogP contribution in [0.2, 0.25) is 0 Å². The summed E-state index contributed by atoms with van der Waals surface area (Å²) in [5.41, 5.74) is 8.42. The van der Waals surface area contributed by atoms with Crippen LogP contribution in [0.1, 0.15) is 0 Å². The third-order valence-electron chi connectivity index (χ3n) is 9.78. The van der Waals surface area contributed by atoms with Crippen LogP contribution in [-0.2, 0) is 0 Å². The fraction of sp³-hybridized carbons (Fsp3) is 0. The van der Waals surface area contributed by atoms with Gasteiger partial charge in [-0.25, -0.2) is 9.97 Å². The van der Waals surface area contributed by atoms with E-state index >= 15 is 0 Å². The maximum absolute atomic E-state index is 5.08. The molecule has 0 unspecified atom stereocenters. The highest BCUT2D eigenvalue weighted by molar-refractivity contribution is 6.36. The van der Waals surface area contributed by atoms with Crippen molar-refractivity contribution in [2.45, 2.75) is 0 Å². The fourth-order valence-corrected chi connectivity index (χ4v) is 7.56. The van der Waals surface area contributed by atoms with Crippen molar-refractivity contribution in [1.29, 1.82) is 0 Å². The average molecular weight is 624 g/mol. The lowest BCUT2D eigenvalue weighted by Crippen LogP contribution is -1.97. The zero-order chi connectivity index (χ0) is 32.3. The van der Waals surface area contributed by atoms with Gasteiger partial charge in [0.15, 0.2) is 5.82 Å². The first kappa shape index (κ1) is 27.5. The van der Waals surface area contributed by atoms with E-state index < -0.39 is 0 Å². The maximum atomic E-state index is 5.08. The Kier molecular flexibility index (Phi) is 6.18. The molecule has 0 aliphatic heterocycles. The van der Waals surface area contributed by atoms with Gasteiger partial charge >= 0.3 is 0 Å². The van der Waals surface area contributed by atoms with Crippen LogP contribution in [0.25, 0.3) is 93.7 Å². The van der Waals surface area contributed by atoms with E-state index in [1.54, 1.807) is 0 Å². The Hall–Kier alpha value is -6.58. The monoisotopic (exact) mass is 623 g/mol. The van der Waals surface area contributed by atoms with Crippen molar-refractivity contribution in [3.05, 3.63) is 176 Å². The summed E-state index contributed by atoms with van der Waals surface area (Å²) in [5.74, 6) is 0.705. The molecule has 0 spiro atoms. The van der Waals surface area contributed by atoms with E-state index in [9.17, 15) is 0 Å². The molecule has 0 N–H and O–H groups in total. The lowest BCUT2D eigenvalue weighted by molar-refractivity contribution is 1.17. The molecule has 0 radical (unpaired) electrons. The molecule has 10 aromatic rings. The second kappa shape index (κ2) is 11.0. The second-order valence-corrected chi connectivity index (χ2v) is 12.6. The first-order valence-electron chi connectivity index (χ1n) is 16.7. The van der Waals surface area contributed by atoms with Crippen LogP contribution in [0.5, 0.6) is 0 Å². The van der Waals surface area contributed by atoms with E-state index in [0.717, 1.165) is 33.8 Å². The highest BCUT2D eigenvalue weighted by Gasteiger charge is 2.20. The maximum Gasteiger partial charge on any atom is 0.160 e. The fourth-order valence-electron chi connectivity index (χ4n) is 7.56. The van der Waals surface area contributed by atoms with Crippen LogP contribution in [0.15, 0.2) is 176 Å². The van der Waals surface area contributed by atoms with Gasteiger partial charge in [0, 0.05) is 43.9 Å². The van der Waals surface area contributed by atoms with Crippen molar-refractivity contribution in [2.75, 3.05) is 0 Å². The molecule has 0 aliphatic rings. The summed E-state index contributed by atoms with van der Waals surface area (Å²) < 4.78 is 2.44. The molecule has 10 rings (SSSR count). The molecule has 3 nitrogen and oxygen atoms in total. The van der Waals surface area contributed by atoms with Gasteiger partial charge in [-0.1, -0.05) is 140 Å². The van der Waals surface area contributed by atoms with Gasteiger partial charge in [0.2, 0.25) is 0 Å². The van der Waals surface area contributed by atoms with Crippen LogP contribution >= 0.6 is 0 Å². The zero-order valence-corrected chi connectivity index (χ0v) is 26.6. The largest absolute Gasteiger partial charge is 0.309 e. The van der Waals surface area contributed by atoms with Crippen molar-refractivity contribution in [3.63, 3.8) is 0 Å². The Morgan fingerprint density at radius 3 is 1.63 bits per heavy atom. The van der Waals surface area contributed by atoms with Crippen LogP contribution < -0.4 is 0 Å². The normalized spacial score (nSPS) is 11.7. The van der Waals surface area contributed by atoms with Crippen LogP contribution in [-0.4, -0.2) is 14.5 Å². The number of aromatic nitrogens is 3. The molecule has 2 heterocycles. The standard InChI is InChI=1S/C46H29N3/c1-3-14-31(15-4-1)40-29-41(32-16-5-2-6-17-32)48-46(47-40)33-23-26-34(27-24-33)49-42-22-12-11-21-39(42)44-43-35-18-8-7-13-30(35)25-28-37(43)36-19-9-10-20-38(36)45(44)49/h1-29H. The lowest BCUT2D eigenvalue weighted by Gasteiger charge is -2.14. The second-order valence-electron chi connectivity index (χ2n) is 12.6. The van der Waals surface area contributed by atoms with E-state index in [4.69, 9.17) is 9.97 Å². The third kappa shape index (κ3) is 4.37. The summed E-state index contributed by atoms with van der Waals surface area (Å²) in [6.07, 6.45) is 0. The molecule has 3 heteroatoms. The predicted octanol–water partition coefficient (Wildman–Crippen LogP) is 12.0. The van der Waals surface area contributed by atoms with Gasteiger partial charge in [-0.2, -0.15) is 0 Å². The average Bonchev–Trinajstić information content (AvgIpc) is 3.54. The zero-order valence-electron chi connectivity index (χ0n) is 26.6. The van der Waals surface area contributed by atoms with Crippen LogP contribution in [0.4, 0.5) is 0 Å². The minimum atomic E-state index is 0.705. The molecule has 0 saturated carbocycles. The molecule has 8 aromatic carbocycles. The summed E-state index contributed by atoms with van der Waals surface area (Å²) in [5, 5.41) is 10.2. The van der Waals surface area contributed by atoms with Crippen molar-refractivity contribution < 1.29 is 0 Å². The van der Waals surface area contributed by atoms with Crippen molar-refractivity contribution in [3.8, 4) is 39.6 Å². The summed E-state index contributed by atoms with van der Waals surface area (Å²) in [7, 11) is 0. The number of benzene rings is 8. The number of rotatable bonds is 4. The molecule has 0 aliphatic carbocycles. The minimum Gasteiger partial charge on any atom is -0.309 e. The molecular formula is C46H29N3. The Morgan fingerprint density at radius 2 is 0.939 bits per heavy atom. The summed E-state index contributed by atoms with van der Waals surface area (Å²) in [6, 6.07) is 62.5. The summed E-state index contributed by atoms with van der Waals surface area (Å²) >= 11 is 0. The van der Waals surface area contributed by atoms with E-state index in [1.807, 2.05) is 12.1 Å². The molecule has 2 aromatic heterocycles. The van der Waals surface area contributed by atoms with E-state index in [1.165, 1.54) is 54.1 Å². The summed E-state index contributed by atoms with van der Waals surface area (Å²) in [6.45, 7) is 0. The van der Waals surface area contributed by atoms with Gasteiger partial charge in [0.1, 0.15) is 0 Å².